The number of nitrogens with one attached hydrogen (secondary N) is 1. The van der Waals surface area contributed by atoms with Gasteiger partial charge in [-0.15, -0.1) is 11.8 Å². The lowest BCUT2D eigenvalue weighted by Gasteiger charge is -2.28. The number of likely N-dealkylation sites (N-methyl/N-ethyl adjacent to an activating group) is 1. The highest BCUT2D eigenvalue weighted by molar-refractivity contribution is 9.10. The first-order chi connectivity index (χ1) is 13.4. The van der Waals surface area contributed by atoms with E-state index >= 15 is 0 Å². The molecular formula is C22H27BrN2O2S. The number of aryl methyl sites for hydroxylation is 1. The summed E-state index contributed by atoms with van der Waals surface area (Å²) in [4.78, 5) is 26.9. The Kier molecular flexibility index (Phi) is 9.06. The lowest BCUT2D eigenvalue weighted by Crippen LogP contribution is -2.48. The van der Waals surface area contributed by atoms with Gasteiger partial charge in [-0.05, 0) is 44.0 Å². The number of rotatable bonds is 9. The van der Waals surface area contributed by atoms with Crippen molar-refractivity contribution in [2.45, 2.75) is 39.1 Å². The van der Waals surface area contributed by atoms with E-state index < -0.39 is 6.04 Å². The van der Waals surface area contributed by atoms with E-state index in [1.54, 1.807) is 23.6 Å². The summed E-state index contributed by atoms with van der Waals surface area (Å²) in [5.74, 6) is 0.958. The number of amides is 2. The molecule has 28 heavy (non-hydrogen) atoms. The van der Waals surface area contributed by atoms with Gasteiger partial charge in [0, 0.05) is 23.3 Å². The lowest BCUT2D eigenvalue weighted by molar-refractivity contribution is -0.138. The molecule has 0 saturated heterocycles. The van der Waals surface area contributed by atoms with Crippen LogP contribution in [0.5, 0.6) is 0 Å². The molecule has 2 aromatic carbocycles. The van der Waals surface area contributed by atoms with E-state index in [2.05, 4.69) is 46.4 Å². The van der Waals surface area contributed by atoms with E-state index in [0.29, 0.717) is 18.8 Å². The fraction of sp³-hybridized carbons (Fsp3) is 0.364. The maximum atomic E-state index is 12.9. The van der Waals surface area contributed by atoms with E-state index in [1.807, 2.05) is 37.3 Å². The fourth-order valence-corrected chi connectivity index (χ4v) is 3.95. The third-order valence-corrected chi connectivity index (χ3v) is 5.88. The monoisotopic (exact) mass is 462 g/mol. The van der Waals surface area contributed by atoms with Crippen molar-refractivity contribution in [1.82, 2.24) is 10.2 Å². The molecule has 1 atom stereocenters. The minimum absolute atomic E-state index is 0.0284. The normalized spacial score (nSPS) is 11.7. The molecule has 2 amide bonds. The summed E-state index contributed by atoms with van der Waals surface area (Å²) < 4.78 is 0.986. The molecule has 0 radical (unpaired) electrons. The maximum Gasteiger partial charge on any atom is 0.242 e. The number of nitrogens with zero attached hydrogens (tertiary/aromatic N) is 1. The van der Waals surface area contributed by atoms with E-state index in [4.69, 9.17) is 0 Å². The zero-order valence-electron chi connectivity index (χ0n) is 16.6. The van der Waals surface area contributed by atoms with Crippen molar-refractivity contribution >= 4 is 39.5 Å². The van der Waals surface area contributed by atoms with Crippen molar-refractivity contribution in [1.29, 1.82) is 0 Å². The number of carbonyl (C=O) groups excluding carboxylic acids is 2. The number of benzene rings is 2. The largest absolute Gasteiger partial charge is 0.355 e. The van der Waals surface area contributed by atoms with Crippen molar-refractivity contribution in [2.24, 2.45) is 0 Å². The number of hydrogen-bond acceptors (Lipinski definition) is 3. The molecular weight excluding hydrogens is 436 g/mol. The summed E-state index contributed by atoms with van der Waals surface area (Å²) in [7, 11) is 0. The second kappa shape index (κ2) is 11.3. The van der Waals surface area contributed by atoms with Crippen LogP contribution in [0.1, 0.15) is 30.5 Å². The molecule has 2 aromatic rings. The number of halogens is 1. The van der Waals surface area contributed by atoms with E-state index in [1.165, 1.54) is 11.1 Å². The summed E-state index contributed by atoms with van der Waals surface area (Å²) in [6, 6.07) is 15.6. The van der Waals surface area contributed by atoms with Gasteiger partial charge in [0.1, 0.15) is 6.04 Å². The molecule has 0 fully saturated rings. The highest BCUT2D eigenvalue weighted by Gasteiger charge is 2.25. The Morgan fingerprint density at radius 3 is 2.50 bits per heavy atom. The molecule has 0 aliphatic carbocycles. The van der Waals surface area contributed by atoms with Crippen molar-refractivity contribution < 1.29 is 9.59 Å². The van der Waals surface area contributed by atoms with Crippen molar-refractivity contribution in [3.63, 3.8) is 0 Å². The van der Waals surface area contributed by atoms with Crippen molar-refractivity contribution in [3.8, 4) is 0 Å². The van der Waals surface area contributed by atoms with Crippen molar-refractivity contribution in [2.75, 3.05) is 12.3 Å². The van der Waals surface area contributed by atoms with Gasteiger partial charge in [0.2, 0.25) is 11.8 Å². The summed E-state index contributed by atoms with van der Waals surface area (Å²) in [5, 5.41) is 2.82. The Bertz CT molecular complexity index is 795. The van der Waals surface area contributed by atoms with Gasteiger partial charge < -0.3 is 10.2 Å². The maximum absolute atomic E-state index is 12.9. The van der Waals surface area contributed by atoms with Gasteiger partial charge in [-0.3, -0.25) is 9.59 Å². The Morgan fingerprint density at radius 2 is 1.86 bits per heavy atom. The number of thioether (sulfide) groups is 1. The van der Waals surface area contributed by atoms with Crippen LogP contribution in [-0.2, 0) is 21.9 Å². The first kappa shape index (κ1) is 22.5. The highest BCUT2D eigenvalue weighted by Crippen LogP contribution is 2.18. The molecule has 4 nitrogen and oxygen atoms in total. The topological polar surface area (TPSA) is 49.4 Å². The Labute approximate surface area is 180 Å². The molecule has 0 saturated carbocycles. The van der Waals surface area contributed by atoms with Gasteiger partial charge in [-0.2, -0.15) is 0 Å². The summed E-state index contributed by atoms with van der Waals surface area (Å²) >= 11 is 5.00. The second-order valence-electron chi connectivity index (χ2n) is 6.70. The Hall–Kier alpha value is -1.79. The van der Waals surface area contributed by atoms with Gasteiger partial charge in [0.25, 0.3) is 0 Å². The van der Waals surface area contributed by atoms with E-state index in [0.717, 1.165) is 15.8 Å². The van der Waals surface area contributed by atoms with Crippen LogP contribution in [0.4, 0.5) is 0 Å². The predicted octanol–water partition coefficient (Wildman–Crippen LogP) is 4.54. The molecule has 1 N–H and O–H groups in total. The van der Waals surface area contributed by atoms with Gasteiger partial charge in [-0.1, -0.05) is 57.9 Å². The van der Waals surface area contributed by atoms with Crippen LogP contribution in [0.15, 0.2) is 53.0 Å². The molecule has 6 heteroatoms. The molecule has 0 bridgehead atoms. The van der Waals surface area contributed by atoms with Gasteiger partial charge >= 0.3 is 0 Å². The van der Waals surface area contributed by atoms with Gasteiger partial charge in [-0.25, -0.2) is 0 Å². The number of hydrogen-bond donors (Lipinski definition) is 1. The molecule has 0 spiro atoms. The first-order valence-electron chi connectivity index (χ1n) is 9.35. The Morgan fingerprint density at radius 1 is 1.14 bits per heavy atom. The number of carbonyl (C=O) groups is 2. The first-order valence-corrected chi connectivity index (χ1v) is 11.3. The molecule has 0 unspecified atom stereocenters. The molecule has 0 aromatic heterocycles. The van der Waals surface area contributed by atoms with Crippen LogP contribution in [0.2, 0.25) is 0 Å². The highest BCUT2D eigenvalue weighted by atomic mass is 79.9. The summed E-state index contributed by atoms with van der Waals surface area (Å²) in [5.41, 5.74) is 3.41. The quantitative estimate of drug-likeness (QED) is 0.594. The minimum Gasteiger partial charge on any atom is -0.355 e. The van der Waals surface area contributed by atoms with E-state index in [-0.39, 0.29) is 11.8 Å². The summed E-state index contributed by atoms with van der Waals surface area (Å²) in [6.45, 7) is 6.69. The summed E-state index contributed by atoms with van der Waals surface area (Å²) in [6.07, 6.45) is 0. The molecule has 0 aliphatic rings. The average molecular weight is 463 g/mol. The lowest BCUT2D eigenvalue weighted by atomic mass is 10.1. The third-order valence-electron chi connectivity index (χ3n) is 4.36. The van der Waals surface area contributed by atoms with Crippen LogP contribution in [0, 0.1) is 6.92 Å². The second-order valence-corrected chi connectivity index (χ2v) is 8.60. The van der Waals surface area contributed by atoms with Gasteiger partial charge in [0.15, 0.2) is 0 Å². The molecule has 0 heterocycles. The SMILES string of the molecule is CCNC(=O)[C@H](C)N(Cc1ccc(Br)cc1)C(=O)CSCc1cccc(C)c1. The average Bonchev–Trinajstić information content (AvgIpc) is 2.67. The van der Waals surface area contributed by atoms with Crippen LogP contribution in [0.25, 0.3) is 0 Å². The third kappa shape index (κ3) is 6.99. The zero-order valence-corrected chi connectivity index (χ0v) is 19.0. The Balaban J connectivity index is 2.04. The van der Waals surface area contributed by atoms with Crippen LogP contribution < -0.4 is 5.32 Å². The van der Waals surface area contributed by atoms with Crippen molar-refractivity contribution in [3.05, 3.63) is 69.7 Å². The fourth-order valence-electron chi connectivity index (χ4n) is 2.83. The molecule has 2 rings (SSSR count). The van der Waals surface area contributed by atoms with E-state index in [9.17, 15) is 9.59 Å². The standard InChI is InChI=1S/C22H27BrN2O2S/c1-4-24-22(27)17(3)25(13-18-8-10-20(23)11-9-18)21(26)15-28-14-19-7-5-6-16(2)12-19/h5-12,17H,4,13-15H2,1-3H3,(H,24,27)/t17-/m0/s1. The molecule has 150 valence electrons. The van der Waals surface area contributed by atoms with Crippen LogP contribution in [-0.4, -0.2) is 35.1 Å². The smallest absolute Gasteiger partial charge is 0.242 e. The predicted molar refractivity (Wildman–Crippen MR) is 120 cm³/mol. The van der Waals surface area contributed by atoms with Crippen LogP contribution in [0.3, 0.4) is 0 Å². The zero-order chi connectivity index (χ0) is 20.5. The van der Waals surface area contributed by atoms with Crippen LogP contribution >= 0.6 is 27.7 Å². The van der Waals surface area contributed by atoms with Gasteiger partial charge in [0.05, 0.1) is 5.75 Å². The minimum atomic E-state index is -0.518. The molecule has 0 aliphatic heterocycles.